The van der Waals surface area contributed by atoms with Crippen LogP contribution in [-0.2, 0) is 0 Å². The van der Waals surface area contributed by atoms with E-state index >= 15 is 0 Å². The lowest BCUT2D eigenvalue weighted by Crippen LogP contribution is -2.25. The van der Waals surface area contributed by atoms with Gasteiger partial charge in [0.2, 0.25) is 0 Å². The van der Waals surface area contributed by atoms with E-state index in [1.165, 1.54) is 0 Å². The molecule has 3 aromatic rings. The third-order valence-corrected chi connectivity index (χ3v) is 4.49. The van der Waals surface area contributed by atoms with Gasteiger partial charge in [0, 0.05) is 25.1 Å². The average molecular weight is 351 g/mol. The SMILES string of the molecule is CCN(CCCCO)c1nc(-c2ccccc2O)nc2cc(C)ccc12. The number of aromatic hydroxyl groups is 1. The van der Waals surface area contributed by atoms with Crippen LogP contribution in [0.25, 0.3) is 22.3 Å². The van der Waals surface area contributed by atoms with Gasteiger partial charge in [-0.2, -0.15) is 0 Å². The fraction of sp³-hybridized carbons (Fsp3) is 0.333. The highest BCUT2D eigenvalue weighted by molar-refractivity contribution is 5.91. The van der Waals surface area contributed by atoms with Gasteiger partial charge in [0.25, 0.3) is 0 Å². The second-order valence-corrected chi connectivity index (χ2v) is 6.42. The Morgan fingerprint density at radius 1 is 1.04 bits per heavy atom. The van der Waals surface area contributed by atoms with Crippen LogP contribution in [0.1, 0.15) is 25.3 Å². The molecule has 136 valence electrons. The number of para-hydroxylation sites is 1. The molecule has 0 saturated heterocycles. The minimum Gasteiger partial charge on any atom is -0.507 e. The summed E-state index contributed by atoms with van der Waals surface area (Å²) < 4.78 is 0. The van der Waals surface area contributed by atoms with Crippen molar-refractivity contribution in [1.29, 1.82) is 0 Å². The molecule has 5 heteroatoms. The minimum absolute atomic E-state index is 0.175. The monoisotopic (exact) mass is 351 g/mol. The topological polar surface area (TPSA) is 69.5 Å². The molecule has 2 aromatic carbocycles. The molecule has 1 aromatic heterocycles. The number of aryl methyl sites for hydroxylation is 1. The first-order chi connectivity index (χ1) is 12.6. The molecule has 2 N–H and O–H groups in total. The summed E-state index contributed by atoms with van der Waals surface area (Å²) in [4.78, 5) is 11.7. The summed E-state index contributed by atoms with van der Waals surface area (Å²) in [5, 5.41) is 20.3. The fourth-order valence-corrected chi connectivity index (χ4v) is 3.08. The minimum atomic E-state index is 0.175. The standard InChI is InChI=1S/C21H25N3O2/c1-3-24(12-6-7-13-25)21-16-11-10-15(2)14-18(16)22-20(23-21)17-8-4-5-9-19(17)26/h4-5,8-11,14,25-26H,3,6-7,12-13H2,1-2H3. The Morgan fingerprint density at radius 2 is 1.85 bits per heavy atom. The highest BCUT2D eigenvalue weighted by Crippen LogP contribution is 2.31. The molecule has 0 atom stereocenters. The fourth-order valence-electron chi connectivity index (χ4n) is 3.08. The van der Waals surface area contributed by atoms with Gasteiger partial charge in [-0.3, -0.25) is 0 Å². The predicted octanol–water partition coefficient (Wildman–Crippen LogP) is 3.91. The summed E-state index contributed by atoms with van der Waals surface area (Å²) >= 11 is 0. The Balaban J connectivity index is 2.15. The maximum atomic E-state index is 10.2. The molecule has 0 unspecified atom stereocenters. The van der Waals surface area contributed by atoms with Crippen molar-refractivity contribution in [1.82, 2.24) is 9.97 Å². The van der Waals surface area contributed by atoms with Crippen LogP contribution in [0, 0.1) is 6.92 Å². The van der Waals surface area contributed by atoms with Crippen LogP contribution in [0.3, 0.4) is 0 Å². The highest BCUT2D eigenvalue weighted by Gasteiger charge is 2.16. The first kappa shape index (κ1) is 18.1. The van der Waals surface area contributed by atoms with Gasteiger partial charge in [0.1, 0.15) is 11.6 Å². The zero-order valence-corrected chi connectivity index (χ0v) is 15.3. The van der Waals surface area contributed by atoms with Crippen molar-refractivity contribution in [2.24, 2.45) is 0 Å². The number of anilines is 1. The van der Waals surface area contributed by atoms with E-state index in [0.717, 1.165) is 48.2 Å². The Bertz CT molecular complexity index is 896. The molecule has 0 aliphatic heterocycles. The summed E-state index contributed by atoms with van der Waals surface area (Å²) in [6, 6.07) is 13.3. The summed E-state index contributed by atoms with van der Waals surface area (Å²) in [6.07, 6.45) is 1.67. The van der Waals surface area contributed by atoms with E-state index in [-0.39, 0.29) is 12.4 Å². The average Bonchev–Trinajstić information content (AvgIpc) is 2.64. The molecule has 0 aliphatic rings. The first-order valence-corrected chi connectivity index (χ1v) is 9.06. The Kier molecular flexibility index (Phi) is 5.68. The lowest BCUT2D eigenvalue weighted by Gasteiger charge is -2.24. The number of phenols is 1. The Labute approximate surface area is 154 Å². The third kappa shape index (κ3) is 3.78. The van der Waals surface area contributed by atoms with E-state index in [1.807, 2.05) is 25.1 Å². The normalized spacial score (nSPS) is 11.0. The maximum Gasteiger partial charge on any atom is 0.165 e. The van der Waals surface area contributed by atoms with Crippen molar-refractivity contribution in [3.63, 3.8) is 0 Å². The van der Waals surface area contributed by atoms with Crippen LogP contribution in [0.5, 0.6) is 5.75 Å². The molecule has 0 saturated carbocycles. The van der Waals surface area contributed by atoms with E-state index in [0.29, 0.717) is 11.4 Å². The van der Waals surface area contributed by atoms with Gasteiger partial charge in [-0.15, -0.1) is 0 Å². The molecule has 0 bridgehead atoms. The smallest absolute Gasteiger partial charge is 0.165 e. The maximum absolute atomic E-state index is 10.2. The van der Waals surface area contributed by atoms with Crippen molar-refractivity contribution in [3.8, 4) is 17.1 Å². The van der Waals surface area contributed by atoms with E-state index < -0.39 is 0 Å². The van der Waals surface area contributed by atoms with Crippen molar-refractivity contribution in [2.75, 3.05) is 24.6 Å². The number of hydrogen-bond donors (Lipinski definition) is 2. The van der Waals surface area contributed by atoms with Gasteiger partial charge in [-0.1, -0.05) is 18.2 Å². The molecule has 0 amide bonds. The van der Waals surface area contributed by atoms with Crippen LogP contribution in [0.2, 0.25) is 0 Å². The number of fused-ring (bicyclic) bond motifs is 1. The summed E-state index contributed by atoms with van der Waals surface area (Å²) in [5.74, 6) is 1.57. The van der Waals surface area contributed by atoms with Gasteiger partial charge >= 0.3 is 0 Å². The Hall–Kier alpha value is -2.66. The van der Waals surface area contributed by atoms with Gasteiger partial charge in [-0.05, 0) is 56.5 Å². The second-order valence-electron chi connectivity index (χ2n) is 6.42. The lowest BCUT2D eigenvalue weighted by molar-refractivity contribution is 0.285. The number of rotatable bonds is 7. The number of aliphatic hydroxyl groups is 1. The molecule has 26 heavy (non-hydrogen) atoms. The van der Waals surface area contributed by atoms with Crippen LogP contribution in [0.15, 0.2) is 42.5 Å². The summed E-state index contributed by atoms with van der Waals surface area (Å²) in [6.45, 7) is 5.97. The second kappa shape index (κ2) is 8.15. The summed E-state index contributed by atoms with van der Waals surface area (Å²) in [5.41, 5.74) is 2.63. The number of phenolic OH excluding ortho intramolecular Hbond substituents is 1. The van der Waals surface area contributed by atoms with Crippen LogP contribution < -0.4 is 4.90 Å². The Morgan fingerprint density at radius 3 is 2.58 bits per heavy atom. The van der Waals surface area contributed by atoms with E-state index in [4.69, 9.17) is 15.1 Å². The van der Waals surface area contributed by atoms with Crippen LogP contribution >= 0.6 is 0 Å². The van der Waals surface area contributed by atoms with Crippen molar-refractivity contribution >= 4 is 16.7 Å². The quantitative estimate of drug-likeness (QED) is 0.632. The van der Waals surface area contributed by atoms with Crippen LogP contribution in [0.4, 0.5) is 5.82 Å². The number of unbranched alkanes of at least 4 members (excludes halogenated alkanes) is 1. The molecule has 3 rings (SSSR count). The lowest BCUT2D eigenvalue weighted by atomic mass is 10.1. The molecular weight excluding hydrogens is 326 g/mol. The predicted molar refractivity (Wildman–Crippen MR) is 106 cm³/mol. The molecule has 1 heterocycles. The van der Waals surface area contributed by atoms with E-state index in [1.54, 1.807) is 12.1 Å². The number of benzene rings is 2. The molecule has 0 radical (unpaired) electrons. The molecule has 0 aliphatic carbocycles. The van der Waals surface area contributed by atoms with Gasteiger partial charge in [-0.25, -0.2) is 9.97 Å². The van der Waals surface area contributed by atoms with Gasteiger partial charge in [0.05, 0.1) is 11.1 Å². The van der Waals surface area contributed by atoms with Crippen molar-refractivity contribution in [3.05, 3.63) is 48.0 Å². The zero-order valence-electron chi connectivity index (χ0n) is 15.3. The number of aromatic nitrogens is 2. The third-order valence-electron chi connectivity index (χ3n) is 4.49. The molecule has 0 spiro atoms. The van der Waals surface area contributed by atoms with Crippen LogP contribution in [-0.4, -0.2) is 39.9 Å². The van der Waals surface area contributed by atoms with Crippen molar-refractivity contribution < 1.29 is 10.2 Å². The number of aliphatic hydroxyl groups excluding tert-OH is 1. The molecule has 5 nitrogen and oxygen atoms in total. The zero-order chi connectivity index (χ0) is 18.5. The van der Waals surface area contributed by atoms with Crippen molar-refractivity contribution in [2.45, 2.75) is 26.7 Å². The molecule has 0 fully saturated rings. The van der Waals surface area contributed by atoms with Gasteiger partial charge < -0.3 is 15.1 Å². The van der Waals surface area contributed by atoms with E-state index in [2.05, 4.69) is 24.0 Å². The summed E-state index contributed by atoms with van der Waals surface area (Å²) in [7, 11) is 0. The number of hydrogen-bond acceptors (Lipinski definition) is 5. The largest absolute Gasteiger partial charge is 0.507 e. The number of nitrogens with zero attached hydrogens (tertiary/aromatic N) is 3. The van der Waals surface area contributed by atoms with Gasteiger partial charge in [0.15, 0.2) is 5.82 Å². The van der Waals surface area contributed by atoms with E-state index in [9.17, 15) is 5.11 Å². The molecular formula is C21H25N3O2. The highest BCUT2D eigenvalue weighted by atomic mass is 16.3. The first-order valence-electron chi connectivity index (χ1n) is 9.06.